The lowest BCUT2D eigenvalue weighted by Crippen LogP contribution is -2.41. The van der Waals surface area contributed by atoms with E-state index in [9.17, 15) is 8.78 Å². The second-order valence-corrected chi connectivity index (χ2v) is 9.06. The average molecular weight is 499 g/mol. The maximum absolute atomic E-state index is 14.1. The van der Waals surface area contributed by atoms with E-state index in [1.807, 2.05) is 12.3 Å². The zero-order chi connectivity index (χ0) is 25.4. The van der Waals surface area contributed by atoms with Gasteiger partial charge in [0.15, 0.2) is 17.5 Å². The molecule has 2 N–H and O–H groups in total. The Balaban J connectivity index is 1.44. The number of fused-ring (bicyclic) bond motifs is 1. The minimum absolute atomic E-state index is 0.118. The molecule has 37 heavy (non-hydrogen) atoms. The van der Waals surface area contributed by atoms with Gasteiger partial charge >= 0.3 is 0 Å². The molecule has 0 atom stereocenters. The van der Waals surface area contributed by atoms with E-state index in [1.54, 1.807) is 24.5 Å². The van der Waals surface area contributed by atoms with Crippen LogP contribution in [-0.2, 0) is 0 Å². The smallest absolute Gasteiger partial charge is 0.168 e. The molecular weight excluding hydrogens is 474 g/mol. The van der Waals surface area contributed by atoms with Crippen LogP contribution in [-0.4, -0.2) is 51.1 Å². The SMILES string of the molecule is CN(c1nc(-c2ccnc(Nc3ncc(F)cc3F)c2)nc2cncc(C3=CC=C3)c12)C1CCNCC1. The van der Waals surface area contributed by atoms with Crippen molar-refractivity contribution in [1.29, 1.82) is 0 Å². The van der Waals surface area contributed by atoms with Crippen molar-refractivity contribution < 1.29 is 8.78 Å². The number of hydrogen-bond acceptors (Lipinski definition) is 8. The van der Waals surface area contributed by atoms with Crippen LogP contribution in [0.1, 0.15) is 18.4 Å². The first-order valence-electron chi connectivity index (χ1n) is 12.1. The fourth-order valence-corrected chi connectivity index (χ4v) is 4.67. The summed E-state index contributed by atoms with van der Waals surface area (Å²) in [7, 11) is 2.08. The van der Waals surface area contributed by atoms with Crippen molar-refractivity contribution >= 4 is 33.9 Å². The van der Waals surface area contributed by atoms with Crippen molar-refractivity contribution in [3.05, 3.63) is 78.4 Å². The number of nitrogens with one attached hydrogen (secondary N) is 2. The number of halogens is 2. The van der Waals surface area contributed by atoms with Gasteiger partial charge in [0.2, 0.25) is 0 Å². The molecule has 4 aromatic heterocycles. The van der Waals surface area contributed by atoms with Gasteiger partial charge in [0, 0.05) is 42.7 Å². The second kappa shape index (κ2) is 9.62. The molecule has 8 nitrogen and oxygen atoms in total. The Morgan fingerprint density at radius 1 is 1.05 bits per heavy atom. The number of allylic oxidation sites excluding steroid dienone is 4. The monoisotopic (exact) mass is 498 g/mol. The van der Waals surface area contributed by atoms with Gasteiger partial charge in [-0.1, -0.05) is 18.2 Å². The highest BCUT2D eigenvalue weighted by atomic mass is 19.1. The molecule has 1 saturated heterocycles. The van der Waals surface area contributed by atoms with Crippen molar-refractivity contribution in [1.82, 2.24) is 30.2 Å². The average Bonchev–Trinajstić information content (AvgIpc) is 2.89. The summed E-state index contributed by atoms with van der Waals surface area (Å²) >= 11 is 0. The lowest BCUT2D eigenvalue weighted by molar-refractivity contribution is 0.442. The van der Waals surface area contributed by atoms with Gasteiger partial charge in [-0.25, -0.2) is 28.7 Å². The first-order chi connectivity index (χ1) is 18.1. The molecule has 2 aliphatic rings. The minimum atomic E-state index is -0.807. The normalized spacial score (nSPS) is 15.4. The summed E-state index contributed by atoms with van der Waals surface area (Å²) in [6.45, 7) is 1.92. The number of hydrogen-bond donors (Lipinski definition) is 2. The van der Waals surface area contributed by atoms with Gasteiger partial charge in [0.05, 0.1) is 23.3 Å². The summed E-state index contributed by atoms with van der Waals surface area (Å²) in [4.78, 5) is 24.6. The maximum Gasteiger partial charge on any atom is 0.168 e. The van der Waals surface area contributed by atoms with Crippen molar-refractivity contribution in [2.24, 2.45) is 0 Å². The summed E-state index contributed by atoms with van der Waals surface area (Å²) in [5, 5.41) is 7.19. The lowest BCUT2D eigenvalue weighted by atomic mass is 9.96. The third-order valence-electron chi connectivity index (χ3n) is 6.71. The van der Waals surface area contributed by atoms with E-state index in [4.69, 9.17) is 9.97 Å². The third-order valence-corrected chi connectivity index (χ3v) is 6.71. The highest BCUT2D eigenvalue weighted by Gasteiger charge is 2.24. The Kier molecular flexibility index (Phi) is 6.01. The molecule has 186 valence electrons. The van der Waals surface area contributed by atoms with E-state index < -0.39 is 11.6 Å². The molecule has 5 heterocycles. The molecule has 6 rings (SSSR count). The van der Waals surface area contributed by atoms with E-state index in [2.05, 4.69) is 49.7 Å². The largest absolute Gasteiger partial charge is 0.356 e. The zero-order valence-corrected chi connectivity index (χ0v) is 20.1. The molecule has 0 spiro atoms. The first kappa shape index (κ1) is 23.1. The summed E-state index contributed by atoms with van der Waals surface area (Å²) in [6.07, 6.45) is 14.3. The quantitative estimate of drug-likeness (QED) is 0.397. The molecule has 0 bridgehead atoms. The molecule has 0 unspecified atom stereocenters. The fraction of sp³-hybridized carbons (Fsp3) is 0.222. The van der Waals surface area contributed by atoms with Crippen molar-refractivity contribution in [3.8, 4) is 11.4 Å². The predicted octanol–water partition coefficient (Wildman–Crippen LogP) is 4.65. The molecule has 0 aromatic carbocycles. The number of pyridine rings is 3. The van der Waals surface area contributed by atoms with Crippen LogP contribution in [0.4, 0.5) is 26.2 Å². The molecule has 0 amide bonds. The van der Waals surface area contributed by atoms with E-state index in [0.29, 0.717) is 23.2 Å². The van der Waals surface area contributed by atoms with Crippen LogP contribution in [0.2, 0.25) is 0 Å². The Morgan fingerprint density at radius 2 is 1.89 bits per heavy atom. The van der Waals surface area contributed by atoms with E-state index in [1.165, 1.54) is 0 Å². The molecule has 1 fully saturated rings. The standard InChI is InChI=1S/C27H24F2N8/c1-37(19-6-8-30-9-7-19)27-24-20(16-3-2-4-16)14-31-15-22(24)34-25(36-27)17-5-10-32-23(11-17)35-26-21(29)12-18(28)13-33-26/h2-5,10-15,19,30H,6-9H2,1H3,(H,32,33,35). The van der Waals surface area contributed by atoms with Crippen molar-refractivity contribution in [2.45, 2.75) is 18.9 Å². The summed E-state index contributed by atoms with van der Waals surface area (Å²) in [5.41, 5.74) is 3.52. The number of rotatable bonds is 6. The number of aromatic nitrogens is 5. The highest BCUT2D eigenvalue weighted by Crippen LogP contribution is 2.36. The zero-order valence-electron chi connectivity index (χ0n) is 20.1. The van der Waals surface area contributed by atoms with Crippen LogP contribution in [0.5, 0.6) is 0 Å². The van der Waals surface area contributed by atoms with Crippen LogP contribution in [0.25, 0.3) is 27.9 Å². The summed E-state index contributed by atoms with van der Waals surface area (Å²) < 4.78 is 27.4. The molecular formula is C27H24F2N8. The van der Waals surface area contributed by atoms with Gasteiger partial charge in [0.25, 0.3) is 0 Å². The third kappa shape index (κ3) is 4.51. The predicted molar refractivity (Wildman–Crippen MR) is 139 cm³/mol. The van der Waals surface area contributed by atoms with Crippen LogP contribution >= 0.6 is 0 Å². The molecule has 0 saturated carbocycles. The topological polar surface area (TPSA) is 91.8 Å². The van der Waals surface area contributed by atoms with Gasteiger partial charge in [-0.2, -0.15) is 0 Å². The van der Waals surface area contributed by atoms with Crippen molar-refractivity contribution in [3.63, 3.8) is 0 Å². The van der Waals surface area contributed by atoms with Crippen LogP contribution in [0, 0.1) is 11.6 Å². The van der Waals surface area contributed by atoms with Crippen LogP contribution in [0.3, 0.4) is 0 Å². The van der Waals surface area contributed by atoms with Gasteiger partial charge in [-0.3, -0.25) is 4.98 Å². The molecule has 1 aliphatic carbocycles. The van der Waals surface area contributed by atoms with E-state index in [-0.39, 0.29) is 5.82 Å². The van der Waals surface area contributed by atoms with E-state index >= 15 is 0 Å². The minimum Gasteiger partial charge on any atom is -0.356 e. The maximum atomic E-state index is 14.1. The van der Waals surface area contributed by atoms with Gasteiger partial charge < -0.3 is 15.5 Å². The van der Waals surface area contributed by atoms with Crippen LogP contribution < -0.4 is 15.5 Å². The van der Waals surface area contributed by atoms with Gasteiger partial charge in [-0.05, 0) is 43.6 Å². The Hall–Kier alpha value is -4.31. The molecule has 10 heteroatoms. The van der Waals surface area contributed by atoms with Crippen LogP contribution in [0.15, 0.2) is 61.2 Å². The fourth-order valence-electron chi connectivity index (χ4n) is 4.67. The second-order valence-electron chi connectivity index (χ2n) is 9.06. The Bertz CT molecular complexity index is 1550. The lowest BCUT2D eigenvalue weighted by Gasteiger charge is -2.33. The Morgan fingerprint density at radius 3 is 2.65 bits per heavy atom. The van der Waals surface area contributed by atoms with Gasteiger partial charge in [-0.15, -0.1) is 0 Å². The Labute approximate surface area is 212 Å². The number of piperidine rings is 1. The van der Waals surface area contributed by atoms with Gasteiger partial charge in [0.1, 0.15) is 17.5 Å². The number of anilines is 3. The van der Waals surface area contributed by atoms with E-state index in [0.717, 1.165) is 66.1 Å². The summed E-state index contributed by atoms with van der Waals surface area (Å²) in [5.74, 6) is -0.00292. The molecule has 0 radical (unpaired) electrons. The molecule has 1 aliphatic heterocycles. The van der Waals surface area contributed by atoms with Crippen molar-refractivity contribution in [2.75, 3.05) is 30.4 Å². The summed E-state index contributed by atoms with van der Waals surface area (Å²) in [6, 6.07) is 4.62. The highest BCUT2D eigenvalue weighted by molar-refractivity contribution is 6.02. The first-order valence-corrected chi connectivity index (χ1v) is 12.1. The number of nitrogens with zero attached hydrogens (tertiary/aromatic N) is 6. The molecule has 4 aromatic rings.